The Bertz CT molecular complexity index is 774. The lowest BCUT2D eigenvalue weighted by molar-refractivity contribution is -0.154. The lowest BCUT2D eigenvalue weighted by Gasteiger charge is -2.14. The van der Waals surface area contributed by atoms with Gasteiger partial charge in [-0.3, -0.25) is 14.9 Å². The molecule has 146 valence electrons. The molecule has 1 aromatic heterocycles. The van der Waals surface area contributed by atoms with Crippen molar-refractivity contribution < 1.29 is 19.1 Å². The summed E-state index contributed by atoms with van der Waals surface area (Å²) in [6.07, 6.45) is -0.206. The van der Waals surface area contributed by atoms with E-state index in [2.05, 4.69) is 15.6 Å². The van der Waals surface area contributed by atoms with Crippen LogP contribution in [0.3, 0.4) is 0 Å². The summed E-state index contributed by atoms with van der Waals surface area (Å²) < 4.78 is 7.17. The van der Waals surface area contributed by atoms with E-state index in [0.29, 0.717) is 6.42 Å². The molecule has 2 aromatic rings. The molecule has 0 spiro atoms. The molecule has 1 atom stereocenters. The van der Waals surface area contributed by atoms with E-state index < -0.39 is 24.0 Å². The number of para-hydroxylation sites is 1. The van der Waals surface area contributed by atoms with E-state index in [1.165, 1.54) is 6.92 Å². The molecular weight excluding hydrogens is 386 g/mol. The molecule has 9 heteroatoms. The summed E-state index contributed by atoms with van der Waals surface area (Å²) in [7, 11) is 0. The van der Waals surface area contributed by atoms with Crippen molar-refractivity contribution in [1.29, 1.82) is 0 Å². The number of nitrogens with zero attached hydrogens (tertiary/aromatic N) is 1. The number of urea groups is 1. The molecule has 27 heavy (non-hydrogen) atoms. The molecule has 0 aliphatic heterocycles. The fourth-order valence-electron chi connectivity index (χ4n) is 2.11. The first-order chi connectivity index (χ1) is 12.8. The average molecular weight is 410 g/mol. The Balaban J connectivity index is 1.66. The van der Waals surface area contributed by atoms with Crippen LogP contribution in [0.25, 0.3) is 10.2 Å². The number of aromatic nitrogens is 1. The number of ether oxygens (including phenoxy) is 1. The average Bonchev–Trinajstić information content (AvgIpc) is 3.00. The zero-order chi connectivity index (χ0) is 19.8. The van der Waals surface area contributed by atoms with Gasteiger partial charge >= 0.3 is 12.0 Å². The highest BCUT2D eigenvalue weighted by Crippen LogP contribution is 2.29. The number of esters is 1. The molecule has 1 aromatic carbocycles. The summed E-state index contributed by atoms with van der Waals surface area (Å²) >= 11 is 3.22. The Morgan fingerprint density at radius 3 is 2.67 bits per heavy atom. The largest absolute Gasteiger partial charge is 0.453 e. The number of fused-ring (bicyclic) bond motifs is 1. The molecule has 0 bridgehead atoms. The number of carbonyl (C=O) groups excluding carboxylic acids is 3. The zero-order valence-electron chi connectivity index (χ0n) is 15.5. The number of rotatable bonds is 8. The fraction of sp³-hybridized carbons (Fsp3) is 0.444. The lowest BCUT2D eigenvalue weighted by atomic mass is 10.3. The van der Waals surface area contributed by atoms with Crippen LogP contribution in [0.2, 0.25) is 0 Å². The topological polar surface area (TPSA) is 97.4 Å². The van der Waals surface area contributed by atoms with Gasteiger partial charge in [-0.1, -0.05) is 23.9 Å². The summed E-state index contributed by atoms with van der Waals surface area (Å²) in [5.74, 6) is -0.385. The second-order valence-electron chi connectivity index (χ2n) is 6.15. The fourth-order valence-corrected chi connectivity index (χ4v) is 4.19. The molecule has 0 aliphatic rings. The third-order valence-corrected chi connectivity index (χ3v) is 5.62. The molecule has 0 radical (unpaired) electrons. The predicted molar refractivity (Wildman–Crippen MR) is 107 cm³/mol. The molecule has 3 amide bonds. The van der Waals surface area contributed by atoms with Crippen LogP contribution in [0.4, 0.5) is 4.79 Å². The number of thioether (sulfide) groups is 1. The van der Waals surface area contributed by atoms with Crippen molar-refractivity contribution in [3.05, 3.63) is 24.3 Å². The van der Waals surface area contributed by atoms with Crippen LogP contribution >= 0.6 is 23.1 Å². The van der Waals surface area contributed by atoms with Gasteiger partial charge in [0, 0.05) is 18.2 Å². The van der Waals surface area contributed by atoms with Crippen molar-refractivity contribution in [3.63, 3.8) is 0 Å². The molecule has 7 nitrogen and oxygen atoms in total. The number of carbonyl (C=O) groups is 3. The molecular formula is C18H23N3O4S2. The maximum absolute atomic E-state index is 11.8. The van der Waals surface area contributed by atoms with Crippen LogP contribution in [0.1, 0.15) is 33.6 Å². The van der Waals surface area contributed by atoms with Crippen LogP contribution in [0.5, 0.6) is 0 Å². The van der Waals surface area contributed by atoms with Crippen LogP contribution < -0.4 is 10.6 Å². The summed E-state index contributed by atoms with van der Waals surface area (Å²) in [5, 5.41) is 4.67. The highest BCUT2D eigenvalue weighted by atomic mass is 32.2. The number of thiazole rings is 1. The van der Waals surface area contributed by atoms with E-state index in [0.717, 1.165) is 20.3 Å². The van der Waals surface area contributed by atoms with Crippen LogP contribution in [0, 0.1) is 0 Å². The third kappa shape index (κ3) is 7.18. The van der Waals surface area contributed by atoms with Crippen LogP contribution in [-0.4, -0.2) is 40.8 Å². The SMILES string of the molecule is CC(C)NC(=O)NC(=O)[C@@H](C)OC(=O)CCCSc1nc2ccccc2s1. The second kappa shape index (κ2) is 10.3. The first-order valence-electron chi connectivity index (χ1n) is 8.64. The summed E-state index contributed by atoms with van der Waals surface area (Å²) in [6, 6.07) is 7.24. The first-order valence-corrected chi connectivity index (χ1v) is 10.4. The number of hydrogen-bond donors (Lipinski definition) is 2. The Hall–Kier alpha value is -2.13. The molecule has 0 saturated heterocycles. The standard InChI is InChI=1S/C18H23N3O4S2/c1-11(2)19-17(24)21-16(23)12(3)25-15(22)9-6-10-26-18-20-13-7-4-5-8-14(13)27-18/h4-5,7-8,11-12H,6,9-10H2,1-3H3,(H2,19,21,23,24)/t12-/m1/s1. The van der Waals surface area contributed by atoms with Gasteiger partial charge in [-0.15, -0.1) is 11.3 Å². The number of hydrogen-bond acceptors (Lipinski definition) is 7. The smallest absolute Gasteiger partial charge is 0.321 e. The Morgan fingerprint density at radius 2 is 1.96 bits per heavy atom. The number of imide groups is 1. The van der Waals surface area contributed by atoms with Crippen molar-refractivity contribution >= 4 is 51.2 Å². The van der Waals surface area contributed by atoms with Crippen molar-refractivity contribution in [2.24, 2.45) is 0 Å². The molecule has 0 saturated carbocycles. The maximum Gasteiger partial charge on any atom is 0.321 e. The minimum Gasteiger partial charge on any atom is -0.453 e. The van der Waals surface area contributed by atoms with E-state index in [-0.39, 0.29) is 12.5 Å². The van der Waals surface area contributed by atoms with Gasteiger partial charge in [0.25, 0.3) is 5.91 Å². The minimum atomic E-state index is -1.02. The van der Waals surface area contributed by atoms with Gasteiger partial charge in [-0.2, -0.15) is 0 Å². The van der Waals surface area contributed by atoms with Crippen LogP contribution in [-0.2, 0) is 14.3 Å². The Morgan fingerprint density at radius 1 is 1.22 bits per heavy atom. The van der Waals surface area contributed by atoms with Crippen molar-refractivity contribution in [2.45, 2.75) is 50.1 Å². The van der Waals surface area contributed by atoms with Gasteiger partial charge in [0.15, 0.2) is 10.4 Å². The van der Waals surface area contributed by atoms with E-state index >= 15 is 0 Å². The molecule has 2 rings (SSSR count). The molecule has 2 N–H and O–H groups in total. The van der Waals surface area contributed by atoms with E-state index in [9.17, 15) is 14.4 Å². The number of nitrogens with one attached hydrogen (secondary N) is 2. The molecule has 0 unspecified atom stereocenters. The van der Waals surface area contributed by atoms with Gasteiger partial charge in [-0.25, -0.2) is 9.78 Å². The van der Waals surface area contributed by atoms with Crippen molar-refractivity contribution in [2.75, 3.05) is 5.75 Å². The van der Waals surface area contributed by atoms with Crippen molar-refractivity contribution in [1.82, 2.24) is 15.6 Å². The third-order valence-electron chi connectivity index (χ3n) is 3.36. The van der Waals surface area contributed by atoms with Gasteiger partial charge in [-0.05, 0) is 39.3 Å². The zero-order valence-corrected chi connectivity index (χ0v) is 17.1. The second-order valence-corrected chi connectivity index (χ2v) is 8.52. The summed E-state index contributed by atoms with van der Waals surface area (Å²) in [4.78, 5) is 39.7. The van der Waals surface area contributed by atoms with Gasteiger partial charge in [0.1, 0.15) is 0 Å². The lowest BCUT2D eigenvalue weighted by Crippen LogP contribution is -2.46. The van der Waals surface area contributed by atoms with E-state index in [1.807, 2.05) is 24.3 Å². The van der Waals surface area contributed by atoms with Crippen molar-refractivity contribution in [3.8, 4) is 0 Å². The molecule has 0 aliphatic carbocycles. The molecule has 0 fully saturated rings. The van der Waals surface area contributed by atoms with Gasteiger partial charge in [0.05, 0.1) is 10.2 Å². The van der Waals surface area contributed by atoms with E-state index in [4.69, 9.17) is 4.74 Å². The minimum absolute atomic E-state index is 0.0939. The Kier molecular flexibility index (Phi) is 8.05. The number of benzene rings is 1. The maximum atomic E-state index is 11.8. The first kappa shape index (κ1) is 21.2. The predicted octanol–water partition coefficient (Wildman–Crippen LogP) is 3.33. The highest BCUT2D eigenvalue weighted by molar-refractivity contribution is 8.01. The quantitative estimate of drug-likeness (QED) is 0.394. The van der Waals surface area contributed by atoms with Crippen LogP contribution in [0.15, 0.2) is 28.6 Å². The monoisotopic (exact) mass is 409 g/mol. The molecule has 1 heterocycles. The van der Waals surface area contributed by atoms with Gasteiger partial charge < -0.3 is 10.1 Å². The van der Waals surface area contributed by atoms with E-state index in [1.54, 1.807) is 36.9 Å². The highest BCUT2D eigenvalue weighted by Gasteiger charge is 2.20. The summed E-state index contributed by atoms with van der Waals surface area (Å²) in [5.41, 5.74) is 0.978. The van der Waals surface area contributed by atoms with Gasteiger partial charge in [0.2, 0.25) is 0 Å². The number of amides is 3. The normalized spacial score (nSPS) is 12.0. The Labute approximate surface area is 166 Å². The summed E-state index contributed by atoms with van der Waals surface area (Å²) in [6.45, 7) is 4.99.